The lowest BCUT2D eigenvalue weighted by Gasteiger charge is -2.45. The van der Waals surface area contributed by atoms with Crippen molar-refractivity contribution >= 4 is 0 Å². The summed E-state index contributed by atoms with van der Waals surface area (Å²) in [5, 5.41) is 0. The smallest absolute Gasteiger partial charge is 0.160 e. The first-order valence-corrected chi connectivity index (χ1v) is 9.76. The zero-order chi connectivity index (χ0) is 18.7. The molecule has 5 heteroatoms. The highest BCUT2D eigenvalue weighted by Crippen LogP contribution is 2.38. The molecule has 0 aliphatic carbocycles. The van der Waals surface area contributed by atoms with Gasteiger partial charge in [-0.2, -0.15) is 0 Å². The molecule has 10 atom stereocenters. The van der Waals surface area contributed by atoms with Gasteiger partial charge >= 0.3 is 0 Å². The van der Waals surface area contributed by atoms with Gasteiger partial charge in [0.2, 0.25) is 0 Å². The first-order chi connectivity index (χ1) is 11.8. The molecule has 4 unspecified atom stereocenters. The number of ether oxygens (including phenoxy) is 5. The van der Waals surface area contributed by atoms with Crippen LogP contribution in [0.5, 0.6) is 0 Å². The van der Waals surface area contributed by atoms with Gasteiger partial charge in [0.05, 0.1) is 25.4 Å². The summed E-state index contributed by atoms with van der Waals surface area (Å²) in [6.45, 7) is 14.6. The van der Waals surface area contributed by atoms with Crippen molar-refractivity contribution in [2.24, 2.45) is 35.5 Å². The molecule has 0 spiro atoms. The van der Waals surface area contributed by atoms with Crippen molar-refractivity contribution in [3.05, 3.63) is 0 Å². The summed E-state index contributed by atoms with van der Waals surface area (Å²) >= 11 is 0. The van der Waals surface area contributed by atoms with Gasteiger partial charge in [-0.05, 0) is 23.7 Å². The molecule has 0 saturated carbocycles. The molecule has 2 aliphatic heterocycles. The van der Waals surface area contributed by atoms with Crippen LogP contribution in [0.1, 0.15) is 41.5 Å². The molecule has 0 bridgehead atoms. The molecule has 2 fully saturated rings. The number of methoxy groups -OCH3 is 2. The van der Waals surface area contributed by atoms with Crippen molar-refractivity contribution in [2.45, 2.75) is 66.3 Å². The molecule has 0 amide bonds. The van der Waals surface area contributed by atoms with E-state index in [1.807, 2.05) is 0 Å². The number of hydrogen-bond acceptors (Lipinski definition) is 5. The summed E-state index contributed by atoms with van der Waals surface area (Å²) in [7, 11) is 3.44. The van der Waals surface area contributed by atoms with Crippen molar-refractivity contribution in [3.63, 3.8) is 0 Å². The molecule has 2 saturated heterocycles. The molecular weight excluding hydrogens is 320 g/mol. The summed E-state index contributed by atoms with van der Waals surface area (Å²) in [6.07, 6.45) is -0.262. The minimum Gasteiger partial charge on any atom is -0.382 e. The predicted octanol–water partition coefficient (Wildman–Crippen LogP) is 3.56. The fourth-order valence-electron chi connectivity index (χ4n) is 4.17. The third-order valence-corrected chi connectivity index (χ3v) is 6.95. The van der Waals surface area contributed by atoms with Crippen LogP contribution in [0.2, 0.25) is 0 Å². The molecule has 5 nitrogen and oxygen atoms in total. The largest absolute Gasteiger partial charge is 0.382 e. The van der Waals surface area contributed by atoms with E-state index in [4.69, 9.17) is 23.7 Å². The highest BCUT2D eigenvalue weighted by atomic mass is 16.7. The number of rotatable bonds is 6. The molecule has 0 N–H and O–H groups in total. The summed E-state index contributed by atoms with van der Waals surface area (Å²) in [5.41, 5.74) is 0. The Morgan fingerprint density at radius 2 is 1.08 bits per heavy atom. The van der Waals surface area contributed by atoms with Crippen LogP contribution in [0.3, 0.4) is 0 Å². The zero-order valence-electron chi connectivity index (χ0n) is 17.2. The van der Waals surface area contributed by atoms with Gasteiger partial charge in [0.1, 0.15) is 0 Å². The van der Waals surface area contributed by atoms with Crippen LogP contribution >= 0.6 is 0 Å². The average molecular weight is 359 g/mol. The van der Waals surface area contributed by atoms with Gasteiger partial charge < -0.3 is 23.7 Å². The standard InChI is InChI=1S/C20H38O5/c1-11-14(4)18(24-19(22-8)15(11)5)10-23-20-16(6)12(2)13(3)17(25-20)9-21-7/h11-20H,9-10H2,1-8H3/t11-,12-,13-,14-,15?,16?,17?,18?,19+,20+/m0/s1. The molecule has 2 aliphatic rings. The van der Waals surface area contributed by atoms with E-state index >= 15 is 0 Å². The molecule has 2 rings (SSSR count). The lowest BCUT2D eigenvalue weighted by Crippen LogP contribution is -2.50. The van der Waals surface area contributed by atoms with E-state index in [0.29, 0.717) is 48.7 Å². The first-order valence-electron chi connectivity index (χ1n) is 9.76. The van der Waals surface area contributed by atoms with Gasteiger partial charge in [0.15, 0.2) is 12.6 Å². The molecule has 0 aromatic heterocycles. The van der Waals surface area contributed by atoms with Crippen molar-refractivity contribution in [1.82, 2.24) is 0 Å². The topological polar surface area (TPSA) is 46.2 Å². The number of hydrogen-bond donors (Lipinski definition) is 0. The van der Waals surface area contributed by atoms with E-state index < -0.39 is 0 Å². The van der Waals surface area contributed by atoms with Crippen LogP contribution < -0.4 is 0 Å². The Balaban J connectivity index is 1.96. The second kappa shape index (κ2) is 9.14. The molecular formula is C20H38O5. The lowest BCUT2D eigenvalue weighted by molar-refractivity contribution is -0.288. The van der Waals surface area contributed by atoms with Gasteiger partial charge in [-0.3, -0.25) is 0 Å². The minimum atomic E-state index is -0.210. The van der Waals surface area contributed by atoms with E-state index in [1.54, 1.807) is 14.2 Å². The van der Waals surface area contributed by atoms with Crippen LogP contribution in [0.4, 0.5) is 0 Å². The Morgan fingerprint density at radius 3 is 1.60 bits per heavy atom. The van der Waals surface area contributed by atoms with Crippen molar-refractivity contribution in [1.29, 1.82) is 0 Å². The normalized spacial score (nSPS) is 48.5. The predicted molar refractivity (Wildman–Crippen MR) is 97.1 cm³/mol. The molecule has 2 heterocycles. The fraction of sp³-hybridized carbons (Fsp3) is 1.00. The second-order valence-corrected chi connectivity index (χ2v) is 8.26. The summed E-state index contributed by atoms with van der Waals surface area (Å²) in [6, 6.07) is 0. The van der Waals surface area contributed by atoms with Crippen LogP contribution in [-0.4, -0.2) is 52.2 Å². The third kappa shape index (κ3) is 4.56. The Hall–Kier alpha value is -0.200. The summed E-state index contributed by atoms with van der Waals surface area (Å²) < 4.78 is 29.4. The summed E-state index contributed by atoms with van der Waals surface area (Å²) in [5.74, 6) is 2.65. The Labute approximate surface area is 153 Å². The van der Waals surface area contributed by atoms with E-state index in [9.17, 15) is 0 Å². The molecule has 0 radical (unpaired) electrons. The highest BCUT2D eigenvalue weighted by molar-refractivity contribution is 4.85. The van der Waals surface area contributed by atoms with Crippen molar-refractivity contribution in [2.75, 3.05) is 27.4 Å². The Kier molecular flexibility index (Phi) is 7.71. The van der Waals surface area contributed by atoms with E-state index in [1.165, 1.54) is 0 Å². The first kappa shape index (κ1) is 21.1. The minimum absolute atomic E-state index is 0.0301. The van der Waals surface area contributed by atoms with Crippen molar-refractivity contribution in [3.8, 4) is 0 Å². The third-order valence-electron chi connectivity index (χ3n) is 6.95. The quantitative estimate of drug-likeness (QED) is 0.726. The van der Waals surface area contributed by atoms with E-state index in [-0.39, 0.29) is 24.8 Å². The van der Waals surface area contributed by atoms with Gasteiger partial charge in [0, 0.05) is 26.1 Å². The highest BCUT2D eigenvalue weighted by Gasteiger charge is 2.42. The fourth-order valence-corrected chi connectivity index (χ4v) is 4.17. The molecule has 0 aromatic carbocycles. The van der Waals surface area contributed by atoms with Crippen LogP contribution in [0.25, 0.3) is 0 Å². The van der Waals surface area contributed by atoms with E-state index in [2.05, 4.69) is 41.5 Å². The summed E-state index contributed by atoms with van der Waals surface area (Å²) in [4.78, 5) is 0. The van der Waals surface area contributed by atoms with Gasteiger partial charge in [-0.15, -0.1) is 0 Å². The van der Waals surface area contributed by atoms with Crippen LogP contribution in [0.15, 0.2) is 0 Å². The average Bonchev–Trinajstić information content (AvgIpc) is 2.60. The second-order valence-electron chi connectivity index (χ2n) is 8.26. The van der Waals surface area contributed by atoms with Gasteiger partial charge in [-0.25, -0.2) is 0 Å². The van der Waals surface area contributed by atoms with Crippen LogP contribution in [-0.2, 0) is 23.7 Å². The maximum Gasteiger partial charge on any atom is 0.160 e. The lowest BCUT2D eigenvalue weighted by atomic mass is 9.78. The molecule has 25 heavy (non-hydrogen) atoms. The SMILES string of the molecule is COCC1O[C@@H](OCC2O[C@@H](OC)C(C)[C@@H](C)[C@@H]2C)C(C)[C@@H](C)[C@@H]1C. The van der Waals surface area contributed by atoms with Gasteiger partial charge in [-0.1, -0.05) is 41.5 Å². The van der Waals surface area contributed by atoms with E-state index in [0.717, 1.165) is 0 Å². The monoisotopic (exact) mass is 358 g/mol. The maximum absolute atomic E-state index is 6.22. The van der Waals surface area contributed by atoms with Crippen molar-refractivity contribution < 1.29 is 23.7 Å². The van der Waals surface area contributed by atoms with Crippen LogP contribution in [0, 0.1) is 35.5 Å². The Bertz CT molecular complexity index is 402. The zero-order valence-corrected chi connectivity index (χ0v) is 17.2. The van der Waals surface area contributed by atoms with Gasteiger partial charge in [0.25, 0.3) is 0 Å². The molecule has 148 valence electrons. The molecule has 0 aromatic rings. The maximum atomic E-state index is 6.22. The Morgan fingerprint density at radius 1 is 0.600 bits per heavy atom.